The summed E-state index contributed by atoms with van der Waals surface area (Å²) >= 11 is 0. The van der Waals surface area contributed by atoms with Gasteiger partial charge in [-0.25, -0.2) is 19.2 Å². The van der Waals surface area contributed by atoms with E-state index in [1.165, 1.54) is 114 Å². The Kier molecular flexibility index (Phi) is 53.5. The number of carbonyl (C=O) groups is 8. The highest BCUT2D eigenvalue weighted by Crippen LogP contribution is 2.40. The van der Waals surface area contributed by atoms with Gasteiger partial charge in [-0.05, 0) is 261 Å². The number of aldehydes is 2. The quantitative estimate of drug-likeness (QED) is 0.00876. The number of benzene rings is 5. The van der Waals surface area contributed by atoms with Crippen LogP contribution in [0, 0.1) is 11.8 Å². The predicted octanol–water partition coefficient (Wildman–Crippen LogP) is 25.0. The van der Waals surface area contributed by atoms with Crippen LogP contribution in [0.5, 0.6) is 34.5 Å². The van der Waals surface area contributed by atoms with E-state index in [4.69, 9.17) is 56.8 Å². The zero-order chi connectivity index (χ0) is 88.8. The van der Waals surface area contributed by atoms with Crippen molar-refractivity contribution in [3.05, 3.63) is 155 Å². The highest BCUT2D eigenvalue weighted by atomic mass is 16.6. The highest BCUT2D eigenvalue weighted by Gasteiger charge is 2.26. The summed E-state index contributed by atoms with van der Waals surface area (Å²) in [6, 6.07) is 35.5. The molecule has 7 rings (SSSR count). The summed E-state index contributed by atoms with van der Waals surface area (Å²) in [4.78, 5) is 99.7. The normalized spacial score (nSPS) is 15.4. The van der Waals surface area contributed by atoms with Crippen molar-refractivity contribution in [2.24, 2.45) is 11.8 Å². The summed E-state index contributed by atoms with van der Waals surface area (Å²) in [6.45, 7) is 13.7. The Balaban J connectivity index is 0.647. The summed E-state index contributed by atoms with van der Waals surface area (Å²) in [5.41, 5.74) is 4.28. The van der Waals surface area contributed by atoms with Crippen molar-refractivity contribution >= 4 is 48.4 Å². The Labute approximate surface area is 747 Å². The maximum atomic E-state index is 13.5. The van der Waals surface area contributed by atoms with Crippen molar-refractivity contribution in [2.45, 2.75) is 340 Å². The molecule has 2 unspecified atom stereocenters. The molecular weight excluding hydrogens is 1580 g/mol. The van der Waals surface area contributed by atoms with E-state index < -0.39 is 36.1 Å². The van der Waals surface area contributed by atoms with E-state index in [0.717, 1.165) is 172 Å². The molecule has 2 saturated carbocycles. The van der Waals surface area contributed by atoms with Crippen LogP contribution in [0.2, 0.25) is 0 Å². The third kappa shape index (κ3) is 44.9. The van der Waals surface area contributed by atoms with Gasteiger partial charge in [0.2, 0.25) is 0 Å². The van der Waals surface area contributed by atoms with Gasteiger partial charge in [0.25, 0.3) is 0 Å². The zero-order valence-corrected chi connectivity index (χ0v) is 76.1. The number of ether oxygens (including phenoxy) is 12. The van der Waals surface area contributed by atoms with E-state index in [2.05, 4.69) is 44.7 Å². The lowest BCUT2D eigenvalue weighted by atomic mass is 9.77. The molecule has 125 heavy (non-hydrogen) atoms. The smallest absolute Gasteiger partial charge is 0.343 e. The monoisotopic (exact) mass is 1730 g/mol. The first-order valence-corrected chi connectivity index (χ1v) is 48.1. The maximum absolute atomic E-state index is 13.5. The second kappa shape index (κ2) is 64.8. The van der Waals surface area contributed by atoms with Gasteiger partial charge in [0, 0.05) is 18.8 Å². The first-order valence-electron chi connectivity index (χ1n) is 48.1. The van der Waals surface area contributed by atoms with Gasteiger partial charge in [-0.15, -0.1) is 0 Å². The van der Waals surface area contributed by atoms with Crippen molar-refractivity contribution in [1.29, 1.82) is 0 Å². The van der Waals surface area contributed by atoms with Crippen LogP contribution >= 0.6 is 0 Å². The Morgan fingerprint density at radius 1 is 0.336 bits per heavy atom. The van der Waals surface area contributed by atoms with E-state index in [9.17, 15) is 38.4 Å². The van der Waals surface area contributed by atoms with Gasteiger partial charge in [-0.1, -0.05) is 199 Å². The van der Waals surface area contributed by atoms with E-state index in [0.29, 0.717) is 147 Å². The average Bonchev–Trinajstić information content (AvgIpc) is 0.848. The van der Waals surface area contributed by atoms with Crippen LogP contribution in [0.3, 0.4) is 0 Å². The molecule has 0 spiro atoms. The third-order valence-electron chi connectivity index (χ3n) is 23.9. The molecule has 0 radical (unpaired) electrons. The molecule has 2 fully saturated rings. The second-order valence-corrected chi connectivity index (χ2v) is 34.3. The van der Waals surface area contributed by atoms with Crippen LogP contribution in [0.1, 0.15) is 370 Å². The topological polar surface area (TPSA) is 247 Å². The lowest BCUT2D eigenvalue weighted by molar-refractivity contribution is -0.149. The van der Waals surface area contributed by atoms with Crippen molar-refractivity contribution in [1.82, 2.24) is 0 Å². The fraction of sp³-hybridized carbons (Fsp3) is 0.619. The maximum Gasteiger partial charge on any atom is 0.343 e. The van der Waals surface area contributed by atoms with E-state index >= 15 is 0 Å². The van der Waals surface area contributed by atoms with Crippen molar-refractivity contribution in [2.75, 3.05) is 66.1 Å². The molecule has 0 bridgehead atoms. The van der Waals surface area contributed by atoms with Crippen LogP contribution in [0.25, 0.3) is 0 Å². The molecule has 0 aromatic heterocycles. The zero-order valence-electron chi connectivity index (χ0n) is 76.1. The molecule has 2 atom stereocenters. The molecule has 0 saturated heterocycles. The lowest BCUT2D eigenvalue weighted by Gasteiger charge is -2.29. The van der Waals surface area contributed by atoms with Crippen LogP contribution in [-0.4, -0.2) is 127 Å². The van der Waals surface area contributed by atoms with E-state index in [1.807, 2.05) is 36.4 Å². The van der Waals surface area contributed by atoms with Crippen LogP contribution in [0.15, 0.2) is 127 Å². The number of rotatable bonds is 71. The number of unbranched alkanes of at least 4 members (excludes halogenated alkanes) is 27. The largest absolute Gasteiger partial charge is 0.494 e. The minimum absolute atomic E-state index is 0.107. The summed E-state index contributed by atoms with van der Waals surface area (Å²) < 4.78 is 68.8. The molecule has 0 heterocycles. The van der Waals surface area contributed by atoms with Gasteiger partial charge in [-0.3, -0.25) is 9.59 Å². The summed E-state index contributed by atoms with van der Waals surface area (Å²) in [5, 5.41) is 0. The van der Waals surface area contributed by atoms with Gasteiger partial charge in [0.05, 0.1) is 76.8 Å². The fourth-order valence-electron chi connectivity index (χ4n) is 16.2. The van der Waals surface area contributed by atoms with Crippen LogP contribution < -0.4 is 28.4 Å². The van der Waals surface area contributed by atoms with E-state index in [-0.39, 0.29) is 44.6 Å². The molecule has 0 amide bonds. The molecule has 20 nitrogen and oxygen atoms in total. The number of hydrogen-bond donors (Lipinski definition) is 0. The van der Waals surface area contributed by atoms with Gasteiger partial charge in [0.1, 0.15) is 64.8 Å². The Bertz CT molecular complexity index is 3780. The fourth-order valence-corrected chi connectivity index (χ4v) is 16.2. The molecule has 0 aliphatic heterocycles. The standard InChI is InChI=1S/C105H150O20/c1-5-7-27-39-83-41-45-85(46-42-83)87-49-61-93(62-50-87)124-103(111)89-53-57-91(58-54-89)114-67-29-17-9-11-20-32-70-117-96(80-106)78-100(108)120-73-35-23-15-13-19-31-69-116-95-65-66-99(98(77-95)105(113)123-76-38-26-25-37-75-122-102(110)82(3)4)119-72-34-22-14-16-24-36-74-121-101(109)79-97(81-107)118-71-33-21-12-10-18-30-68-115-92-59-55-90(56-60-92)104(112)125-94-63-51-88(52-64-94)86-47-43-84(44-48-86)40-28-8-6-2/h49-66,77,80-81,83-86,96-97H,3,5-48,67-76,78-79H2,1-2,4H3/t83-,84-,85-,86-,96?,97?. The number of hydrogen-bond acceptors (Lipinski definition) is 20. The SMILES string of the molecule is C=C(C)C(=O)OCCCCCCOC(=O)c1cc(OCCCCCCCCOC(=O)CC(C=O)OCCCCCCCCOc2ccc(C(=O)Oc3ccc([C@H]4CC[C@H](CCCCC)CC4)cc3)cc2)ccc1OCCCCCCCCOC(=O)CC(C=O)OCCCCCCCCOc1ccc(C(=O)Oc2ccc([C@H]3CC[C@H](CCCCC)CC3)cc2)cc1. The van der Waals surface area contributed by atoms with Gasteiger partial charge in [-0.2, -0.15) is 0 Å². The molecule has 5 aromatic rings. The van der Waals surface area contributed by atoms with Crippen molar-refractivity contribution < 1.29 is 95.2 Å². The number of esters is 6. The number of carbonyl (C=O) groups excluding carboxylic acids is 8. The molecule has 2 aliphatic carbocycles. The van der Waals surface area contributed by atoms with Gasteiger partial charge < -0.3 is 66.4 Å². The molecule has 2 aliphatic rings. The average molecular weight is 1730 g/mol. The van der Waals surface area contributed by atoms with Crippen molar-refractivity contribution in [3.8, 4) is 34.5 Å². The molecule has 0 N–H and O–H groups in total. The molecule has 5 aromatic carbocycles. The minimum Gasteiger partial charge on any atom is -0.494 e. The summed E-state index contributed by atoms with van der Waals surface area (Å²) in [5.74, 6) is 3.83. The van der Waals surface area contributed by atoms with Crippen molar-refractivity contribution in [3.63, 3.8) is 0 Å². The lowest BCUT2D eigenvalue weighted by Crippen LogP contribution is -2.21. The Hall–Kier alpha value is -8.88. The van der Waals surface area contributed by atoms with E-state index in [1.54, 1.807) is 61.5 Å². The summed E-state index contributed by atoms with van der Waals surface area (Å²) in [6.07, 6.45) is 45.1. The van der Waals surface area contributed by atoms with Crippen LogP contribution in [0.4, 0.5) is 0 Å². The molecular formula is C105H150O20. The second-order valence-electron chi connectivity index (χ2n) is 34.3. The highest BCUT2D eigenvalue weighted by molar-refractivity contribution is 5.93. The van der Waals surface area contributed by atoms with Gasteiger partial charge in [0.15, 0.2) is 0 Å². The third-order valence-corrected chi connectivity index (χ3v) is 23.9. The predicted molar refractivity (Wildman–Crippen MR) is 490 cm³/mol. The van der Waals surface area contributed by atoms with Gasteiger partial charge >= 0.3 is 35.8 Å². The molecule has 20 heteroatoms. The first kappa shape index (κ1) is 103. The Morgan fingerprint density at radius 2 is 0.656 bits per heavy atom. The molecule has 690 valence electrons. The van der Waals surface area contributed by atoms with Crippen LogP contribution in [-0.2, 0) is 52.4 Å². The first-order chi connectivity index (χ1) is 61.2. The minimum atomic E-state index is -0.834. The Morgan fingerprint density at radius 3 is 1.02 bits per heavy atom. The summed E-state index contributed by atoms with van der Waals surface area (Å²) in [7, 11) is 0.